The highest BCUT2D eigenvalue weighted by molar-refractivity contribution is 4.75. The fourth-order valence-electron chi connectivity index (χ4n) is 1.96. The van der Waals surface area contributed by atoms with Crippen LogP contribution in [0.4, 0.5) is 0 Å². The third-order valence-corrected chi connectivity index (χ3v) is 2.82. The van der Waals surface area contributed by atoms with Crippen LogP contribution in [0.5, 0.6) is 0 Å². The number of morpholine rings is 1. The topological polar surface area (TPSA) is 60.0 Å². The molecule has 0 bridgehead atoms. The van der Waals surface area contributed by atoms with Crippen LogP contribution in [0.2, 0.25) is 0 Å². The number of rotatable bonds is 2. The third-order valence-electron chi connectivity index (χ3n) is 2.82. The van der Waals surface area contributed by atoms with Crippen molar-refractivity contribution in [1.29, 1.82) is 0 Å². The van der Waals surface area contributed by atoms with Gasteiger partial charge in [0.1, 0.15) is 6.23 Å². The minimum absolute atomic E-state index is 0.0370. The molecule has 0 saturated carbocycles. The number of hydrogen-bond acceptors (Lipinski definition) is 5. The molecule has 2 heterocycles. The number of nitrogens with one attached hydrogen (secondary N) is 1. The zero-order valence-corrected chi connectivity index (χ0v) is 9.02. The van der Waals surface area contributed by atoms with E-state index in [-0.39, 0.29) is 18.4 Å². The average molecular weight is 217 g/mol. The van der Waals surface area contributed by atoms with E-state index >= 15 is 0 Å². The zero-order chi connectivity index (χ0) is 10.7. The van der Waals surface area contributed by atoms with E-state index in [2.05, 4.69) is 5.32 Å². The van der Waals surface area contributed by atoms with Crippen molar-refractivity contribution in [1.82, 2.24) is 5.32 Å². The van der Waals surface area contributed by atoms with Gasteiger partial charge in [-0.05, 0) is 13.3 Å². The lowest BCUT2D eigenvalue weighted by molar-refractivity contribution is -0.222. The summed E-state index contributed by atoms with van der Waals surface area (Å²) in [5.41, 5.74) is 0. The highest BCUT2D eigenvalue weighted by Crippen LogP contribution is 2.21. The number of hydrogen-bond donors (Lipinski definition) is 2. The van der Waals surface area contributed by atoms with Crippen LogP contribution in [0.15, 0.2) is 0 Å². The third kappa shape index (κ3) is 3.12. The Morgan fingerprint density at radius 2 is 2.27 bits per heavy atom. The molecule has 2 saturated heterocycles. The minimum atomic E-state index is -0.629. The molecular weight excluding hydrogens is 198 g/mol. The Bertz CT molecular complexity index is 196. The van der Waals surface area contributed by atoms with Crippen LogP contribution in [-0.2, 0) is 14.2 Å². The number of ether oxygens (including phenoxy) is 3. The summed E-state index contributed by atoms with van der Waals surface area (Å²) < 4.78 is 16.4. The maximum Gasteiger partial charge on any atom is 0.155 e. The molecule has 4 atom stereocenters. The number of aliphatic hydroxyl groups is 1. The first-order valence-electron chi connectivity index (χ1n) is 5.56. The highest BCUT2D eigenvalue weighted by Gasteiger charge is 2.30. The predicted molar refractivity (Wildman–Crippen MR) is 53.3 cm³/mol. The molecule has 0 aromatic rings. The molecule has 5 nitrogen and oxygen atoms in total. The van der Waals surface area contributed by atoms with E-state index in [1.165, 1.54) is 0 Å². The first kappa shape index (κ1) is 11.3. The summed E-state index contributed by atoms with van der Waals surface area (Å²) in [6, 6.07) is 0. The molecule has 0 unspecified atom stereocenters. The maximum atomic E-state index is 9.29. The fraction of sp³-hybridized carbons (Fsp3) is 1.00. The molecule has 0 aliphatic carbocycles. The Labute approximate surface area is 89.7 Å². The van der Waals surface area contributed by atoms with Gasteiger partial charge in [-0.15, -0.1) is 0 Å². The summed E-state index contributed by atoms with van der Waals surface area (Å²) in [5.74, 6) is 0. The van der Waals surface area contributed by atoms with Gasteiger partial charge in [-0.3, -0.25) is 5.32 Å². The van der Waals surface area contributed by atoms with Gasteiger partial charge in [-0.25, -0.2) is 0 Å². The highest BCUT2D eigenvalue weighted by atomic mass is 16.6. The van der Waals surface area contributed by atoms with E-state index in [9.17, 15) is 5.11 Å². The lowest BCUT2D eigenvalue weighted by Crippen LogP contribution is -2.48. The molecular formula is C10H19NO4. The lowest BCUT2D eigenvalue weighted by Gasteiger charge is -2.35. The van der Waals surface area contributed by atoms with Crippen molar-refractivity contribution in [2.75, 3.05) is 19.8 Å². The van der Waals surface area contributed by atoms with Gasteiger partial charge in [0.15, 0.2) is 6.29 Å². The second kappa shape index (κ2) is 5.23. The van der Waals surface area contributed by atoms with Gasteiger partial charge in [-0.1, -0.05) is 0 Å². The molecule has 88 valence electrons. The number of aliphatic hydroxyl groups excluding tert-OH is 1. The minimum Gasteiger partial charge on any atom is -0.376 e. The van der Waals surface area contributed by atoms with Crippen LogP contribution in [0.3, 0.4) is 0 Å². The molecule has 2 aliphatic heterocycles. The van der Waals surface area contributed by atoms with E-state index in [1.54, 1.807) is 0 Å². The fourth-order valence-corrected chi connectivity index (χ4v) is 1.96. The SMILES string of the molecule is C[C@@H]1O[C@@H](O)CC[C@@H]1O[C@@H]1COCCN1. The summed E-state index contributed by atoms with van der Waals surface area (Å²) in [4.78, 5) is 0. The average Bonchev–Trinajstić information content (AvgIpc) is 2.24. The van der Waals surface area contributed by atoms with Gasteiger partial charge in [0.05, 0.1) is 25.4 Å². The first-order chi connectivity index (χ1) is 7.25. The van der Waals surface area contributed by atoms with E-state index < -0.39 is 6.29 Å². The molecule has 0 aromatic carbocycles. The monoisotopic (exact) mass is 217 g/mol. The molecule has 15 heavy (non-hydrogen) atoms. The molecule has 0 spiro atoms. The molecule has 2 N–H and O–H groups in total. The van der Waals surface area contributed by atoms with Crippen molar-refractivity contribution in [3.63, 3.8) is 0 Å². The van der Waals surface area contributed by atoms with Crippen LogP contribution >= 0.6 is 0 Å². The van der Waals surface area contributed by atoms with Gasteiger partial charge in [0.25, 0.3) is 0 Å². The molecule has 5 heteroatoms. The molecule has 0 radical (unpaired) electrons. The molecule has 2 rings (SSSR count). The zero-order valence-electron chi connectivity index (χ0n) is 9.02. The normalized spacial score (nSPS) is 42.8. The van der Waals surface area contributed by atoms with Gasteiger partial charge >= 0.3 is 0 Å². The summed E-state index contributed by atoms with van der Waals surface area (Å²) in [5, 5.41) is 12.5. The summed E-state index contributed by atoms with van der Waals surface area (Å²) in [6.07, 6.45) is 0.800. The van der Waals surface area contributed by atoms with Crippen molar-refractivity contribution in [2.24, 2.45) is 0 Å². The van der Waals surface area contributed by atoms with Crippen molar-refractivity contribution in [3.8, 4) is 0 Å². The smallest absolute Gasteiger partial charge is 0.155 e. The van der Waals surface area contributed by atoms with Crippen LogP contribution in [0, 0.1) is 0 Å². The Kier molecular flexibility index (Phi) is 3.93. The van der Waals surface area contributed by atoms with Crippen LogP contribution in [-0.4, -0.2) is 49.6 Å². The van der Waals surface area contributed by atoms with Crippen molar-refractivity contribution >= 4 is 0 Å². The van der Waals surface area contributed by atoms with Gasteiger partial charge < -0.3 is 19.3 Å². The predicted octanol–water partition coefficient (Wildman–Crippen LogP) is -0.165. The van der Waals surface area contributed by atoms with Crippen molar-refractivity contribution in [3.05, 3.63) is 0 Å². The summed E-state index contributed by atoms with van der Waals surface area (Å²) in [6.45, 7) is 4.09. The Hall–Kier alpha value is -0.200. The second-order valence-corrected chi connectivity index (χ2v) is 4.07. The van der Waals surface area contributed by atoms with E-state index in [0.29, 0.717) is 13.0 Å². The quantitative estimate of drug-likeness (QED) is 0.673. The maximum absolute atomic E-state index is 9.29. The Balaban J connectivity index is 1.77. The summed E-state index contributed by atoms with van der Waals surface area (Å²) in [7, 11) is 0. The lowest BCUT2D eigenvalue weighted by atomic mass is 10.1. The van der Waals surface area contributed by atoms with Crippen LogP contribution < -0.4 is 5.32 Å². The summed E-state index contributed by atoms with van der Waals surface area (Å²) >= 11 is 0. The van der Waals surface area contributed by atoms with Crippen LogP contribution in [0.25, 0.3) is 0 Å². The van der Waals surface area contributed by atoms with Gasteiger partial charge in [-0.2, -0.15) is 0 Å². The molecule has 0 aromatic heterocycles. The van der Waals surface area contributed by atoms with Crippen molar-refractivity contribution in [2.45, 2.75) is 44.5 Å². The van der Waals surface area contributed by atoms with E-state index in [0.717, 1.165) is 19.6 Å². The Morgan fingerprint density at radius 3 is 2.93 bits per heavy atom. The van der Waals surface area contributed by atoms with Gasteiger partial charge in [0.2, 0.25) is 0 Å². The van der Waals surface area contributed by atoms with Gasteiger partial charge in [0, 0.05) is 13.0 Å². The second-order valence-electron chi connectivity index (χ2n) is 4.07. The van der Waals surface area contributed by atoms with E-state index in [1.807, 2.05) is 6.92 Å². The van der Waals surface area contributed by atoms with E-state index in [4.69, 9.17) is 14.2 Å². The molecule has 2 fully saturated rings. The molecule has 0 amide bonds. The van der Waals surface area contributed by atoms with Crippen molar-refractivity contribution < 1.29 is 19.3 Å². The standard InChI is InChI=1S/C10H19NO4/c1-7-8(2-3-10(12)14-7)15-9-6-13-5-4-11-9/h7-12H,2-6H2,1H3/t7-,8-,9+,10+/m0/s1. The van der Waals surface area contributed by atoms with Crippen LogP contribution in [0.1, 0.15) is 19.8 Å². The largest absolute Gasteiger partial charge is 0.376 e. The Morgan fingerprint density at radius 1 is 1.40 bits per heavy atom. The molecule has 2 aliphatic rings. The first-order valence-corrected chi connectivity index (χ1v) is 5.56.